The standard InChI is InChI=1S/C17H25N5O2S3.HI/c1-18-17(19-8-9-20-27(23,24)16-5-3-13-26-16)21-14-6-10-22(11-7-14)15-4-2-12-25-15;/h2-5,12-14,20H,6-11H2,1H3,(H2,18,19,21);1H. The summed E-state index contributed by atoms with van der Waals surface area (Å²) in [7, 11) is -1.68. The smallest absolute Gasteiger partial charge is 0.250 e. The Morgan fingerprint density at radius 1 is 1.18 bits per heavy atom. The SMILES string of the molecule is CN=C(NCCNS(=O)(=O)c1cccs1)NC1CCN(c2cccs2)CC1.I. The Balaban J connectivity index is 0.00000280. The molecular formula is C17H26IN5O2S3. The molecule has 7 nitrogen and oxygen atoms in total. The molecule has 1 aliphatic heterocycles. The van der Waals surface area contributed by atoms with Gasteiger partial charge in [-0.25, -0.2) is 13.1 Å². The van der Waals surface area contributed by atoms with Crippen molar-refractivity contribution in [2.24, 2.45) is 4.99 Å². The first-order valence-electron chi connectivity index (χ1n) is 8.87. The molecule has 3 heterocycles. The van der Waals surface area contributed by atoms with Crippen LogP contribution in [0.4, 0.5) is 5.00 Å². The van der Waals surface area contributed by atoms with Gasteiger partial charge in [0.2, 0.25) is 10.0 Å². The fourth-order valence-electron chi connectivity index (χ4n) is 2.94. The van der Waals surface area contributed by atoms with Gasteiger partial charge in [-0.15, -0.1) is 46.7 Å². The molecule has 0 aromatic carbocycles. The highest BCUT2D eigenvalue weighted by atomic mass is 127. The van der Waals surface area contributed by atoms with E-state index in [4.69, 9.17) is 0 Å². The number of thiophene rings is 2. The van der Waals surface area contributed by atoms with Crippen molar-refractivity contribution >= 4 is 67.6 Å². The van der Waals surface area contributed by atoms with E-state index in [0.29, 0.717) is 29.3 Å². The first-order valence-corrected chi connectivity index (χ1v) is 12.1. The van der Waals surface area contributed by atoms with E-state index in [1.54, 1.807) is 35.9 Å². The summed E-state index contributed by atoms with van der Waals surface area (Å²) < 4.78 is 27.1. The molecule has 11 heteroatoms. The van der Waals surface area contributed by atoms with Gasteiger partial charge in [0.1, 0.15) is 4.21 Å². The maximum absolute atomic E-state index is 12.1. The van der Waals surface area contributed by atoms with Crippen LogP contribution in [0.25, 0.3) is 0 Å². The Morgan fingerprint density at radius 2 is 1.89 bits per heavy atom. The molecule has 0 amide bonds. The maximum Gasteiger partial charge on any atom is 0.250 e. The number of halogens is 1. The van der Waals surface area contributed by atoms with Crippen molar-refractivity contribution in [2.75, 3.05) is 38.1 Å². The van der Waals surface area contributed by atoms with Crippen molar-refractivity contribution in [3.05, 3.63) is 35.0 Å². The van der Waals surface area contributed by atoms with Crippen molar-refractivity contribution in [1.82, 2.24) is 15.4 Å². The second-order valence-corrected chi connectivity index (χ2v) is 10.1. The average Bonchev–Trinajstić information content (AvgIpc) is 3.39. The summed E-state index contributed by atoms with van der Waals surface area (Å²) in [6, 6.07) is 7.95. The molecule has 3 rings (SSSR count). The lowest BCUT2D eigenvalue weighted by Crippen LogP contribution is -2.49. The molecule has 0 spiro atoms. The van der Waals surface area contributed by atoms with Crippen LogP contribution in [0.5, 0.6) is 0 Å². The predicted molar refractivity (Wildman–Crippen MR) is 129 cm³/mol. The van der Waals surface area contributed by atoms with Crippen LogP contribution in [0.1, 0.15) is 12.8 Å². The number of nitrogens with one attached hydrogen (secondary N) is 3. The molecule has 3 N–H and O–H groups in total. The van der Waals surface area contributed by atoms with E-state index in [-0.39, 0.29) is 24.0 Å². The first kappa shape index (κ1) is 23.4. The summed E-state index contributed by atoms with van der Waals surface area (Å²) in [5.74, 6) is 0.708. The van der Waals surface area contributed by atoms with Crippen LogP contribution in [0.15, 0.2) is 44.2 Å². The zero-order valence-corrected chi connectivity index (χ0v) is 20.4. The van der Waals surface area contributed by atoms with Crippen LogP contribution >= 0.6 is 46.7 Å². The van der Waals surface area contributed by atoms with Gasteiger partial charge in [0.05, 0.1) is 5.00 Å². The number of hydrogen-bond donors (Lipinski definition) is 3. The van der Waals surface area contributed by atoms with E-state index in [1.165, 1.54) is 16.3 Å². The summed E-state index contributed by atoms with van der Waals surface area (Å²) in [5.41, 5.74) is 0. The number of nitrogens with zero attached hydrogens (tertiary/aromatic N) is 2. The van der Waals surface area contributed by atoms with Gasteiger partial charge >= 0.3 is 0 Å². The zero-order chi connectivity index (χ0) is 19.1. The lowest BCUT2D eigenvalue weighted by molar-refractivity contribution is 0.463. The Kier molecular flexibility index (Phi) is 9.47. The fraction of sp³-hybridized carbons (Fsp3) is 0.471. The van der Waals surface area contributed by atoms with Crippen molar-refractivity contribution in [3.8, 4) is 0 Å². The molecule has 0 saturated carbocycles. The number of aliphatic imine (C=N–C) groups is 1. The summed E-state index contributed by atoms with van der Waals surface area (Å²) in [6.07, 6.45) is 2.09. The number of piperidine rings is 1. The molecule has 28 heavy (non-hydrogen) atoms. The van der Waals surface area contributed by atoms with Crippen LogP contribution in [0, 0.1) is 0 Å². The van der Waals surface area contributed by atoms with Gasteiger partial charge in [0, 0.05) is 39.3 Å². The molecule has 0 radical (unpaired) electrons. The van der Waals surface area contributed by atoms with E-state index >= 15 is 0 Å². The molecule has 2 aromatic heterocycles. The van der Waals surface area contributed by atoms with Crippen molar-refractivity contribution in [1.29, 1.82) is 0 Å². The monoisotopic (exact) mass is 555 g/mol. The Labute approximate surface area is 191 Å². The van der Waals surface area contributed by atoms with E-state index in [9.17, 15) is 8.42 Å². The molecule has 0 atom stereocenters. The van der Waals surface area contributed by atoms with Crippen LogP contribution < -0.4 is 20.3 Å². The minimum atomic E-state index is -3.41. The fourth-order valence-corrected chi connectivity index (χ4v) is 5.79. The minimum absolute atomic E-state index is 0. The number of sulfonamides is 1. The van der Waals surface area contributed by atoms with Crippen LogP contribution in [-0.2, 0) is 10.0 Å². The van der Waals surface area contributed by atoms with E-state index in [2.05, 4.69) is 42.8 Å². The second-order valence-electron chi connectivity index (χ2n) is 6.19. The van der Waals surface area contributed by atoms with Gasteiger partial charge in [-0.1, -0.05) is 6.07 Å². The van der Waals surface area contributed by atoms with E-state index < -0.39 is 10.0 Å². The quantitative estimate of drug-likeness (QED) is 0.212. The predicted octanol–water partition coefficient (Wildman–Crippen LogP) is 2.54. The summed E-state index contributed by atoms with van der Waals surface area (Å²) in [6.45, 7) is 2.82. The van der Waals surface area contributed by atoms with E-state index in [1.807, 2.05) is 0 Å². The van der Waals surface area contributed by atoms with Crippen LogP contribution in [0.2, 0.25) is 0 Å². The third-order valence-corrected chi connectivity index (χ3v) is 8.13. The zero-order valence-electron chi connectivity index (χ0n) is 15.6. The van der Waals surface area contributed by atoms with Gasteiger partial charge in [-0.3, -0.25) is 4.99 Å². The highest BCUT2D eigenvalue weighted by molar-refractivity contribution is 14.0. The Hall–Kier alpha value is -0.890. The lowest BCUT2D eigenvalue weighted by Gasteiger charge is -2.33. The van der Waals surface area contributed by atoms with Crippen molar-refractivity contribution < 1.29 is 8.42 Å². The first-order chi connectivity index (χ1) is 13.1. The average molecular weight is 556 g/mol. The topological polar surface area (TPSA) is 85.8 Å². The third kappa shape index (κ3) is 6.58. The van der Waals surface area contributed by atoms with Gasteiger partial charge in [-0.2, -0.15) is 0 Å². The number of guanidine groups is 1. The normalized spacial score (nSPS) is 15.9. The van der Waals surface area contributed by atoms with Crippen molar-refractivity contribution in [2.45, 2.75) is 23.1 Å². The summed E-state index contributed by atoms with van der Waals surface area (Å²) in [4.78, 5) is 6.66. The van der Waals surface area contributed by atoms with Gasteiger partial charge in [0.15, 0.2) is 5.96 Å². The van der Waals surface area contributed by atoms with Crippen LogP contribution in [-0.4, -0.2) is 53.6 Å². The van der Waals surface area contributed by atoms with Gasteiger partial charge in [-0.05, 0) is 41.8 Å². The Bertz CT molecular complexity index is 817. The molecule has 0 unspecified atom stereocenters. The number of rotatable bonds is 7. The van der Waals surface area contributed by atoms with E-state index in [0.717, 1.165) is 25.9 Å². The Morgan fingerprint density at radius 3 is 2.50 bits per heavy atom. The molecule has 1 fully saturated rings. The molecule has 0 bridgehead atoms. The van der Waals surface area contributed by atoms with Crippen molar-refractivity contribution in [3.63, 3.8) is 0 Å². The molecule has 0 aliphatic carbocycles. The van der Waals surface area contributed by atoms with Gasteiger partial charge < -0.3 is 15.5 Å². The highest BCUT2D eigenvalue weighted by Crippen LogP contribution is 2.24. The number of anilines is 1. The van der Waals surface area contributed by atoms with Crippen LogP contribution in [0.3, 0.4) is 0 Å². The summed E-state index contributed by atoms with van der Waals surface area (Å²) >= 11 is 2.99. The lowest BCUT2D eigenvalue weighted by atomic mass is 10.1. The maximum atomic E-state index is 12.1. The van der Waals surface area contributed by atoms with Gasteiger partial charge in [0.25, 0.3) is 0 Å². The largest absolute Gasteiger partial charge is 0.363 e. The molecule has 1 saturated heterocycles. The summed E-state index contributed by atoms with van der Waals surface area (Å²) in [5, 5.41) is 11.8. The second kappa shape index (κ2) is 11.3. The minimum Gasteiger partial charge on any atom is -0.363 e. The molecule has 1 aliphatic rings. The third-order valence-electron chi connectivity index (χ3n) is 4.35. The molecule has 156 valence electrons. The molecule has 2 aromatic rings. The molecular weight excluding hydrogens is 529 g/mol. The highest BCUT2D eigenvalue weighted by Gasteiger charge is 2.20. The number of hydrogen-bond acceptors (Lipinski definition) is 6.